The summed E-state index contributed by atoms with van der Waals surface area (Å²) < 4.78 is 0. The first kappa shape index (κ1) is 25.2. The third kappa shape index (κ3) is 6.23. The second-order valence-electron chi connectivity index (χ2n) is 9.03. The smallest absolute Gasteiger partial charge is 0.267 e. The zero-order valence-electron chi connectivity index (χ0n) is 20.0. The predicted molar refractivity (Wildman–Crippen MR) is 138 cm³/mol. The highest BCUT2D eigenvalue weighted by molar-refractivity contribution is 5.98. The minimum absolute atomic E-state index is 0.00732. The Morgan fingerprint density at radius 1 is 0.972 bits per heavy atom. The number of nitrogens with one attached hydrogen (secondary N) is 3. The number of hydrogen-bond acceptors (Lipinski definition) is 6. The summed E-state index contributed by atoms with van der Waals surface area (Å²) in [5.74, 6) is -0.0116. The highest BCUT2D eigenvalue weighted by Gasteiger charge is 2.14. The van der Waals surface area contributed by atoms with Crippen molar-refractivity contribution < 1.29 is 25.2 Å². The summed E-state index contributed by atoms with van der Waals surface area (Å²) in [4.78, 5) is 15.7. The number of aromatic nitrogens is 1. The van der Waals surface area contributed by atoms with Gasteiger partial charge in [0.15, 0.2) is 0 Å². The molecule has 1 aromatic heterocycles. The quantitative estimate of drug-likeness (QED) is 0.183. The van der Waals surface area contributed by atoms with E-state index >= 15 is 0 Å². The fourth-order valence-corrected chi connectivity index (χ4v) is 4.12. The number of H-pyrrole nitrogens is 1. The Bertz CT molecular complexity index is 1330. The molecular weight excluding hydrogens is 458 g/mol. The molecule has 2 atom stereocenters. The topological polar surface area (TPSA) is 138 Å². The van der Waals surface area contributed by atoms with Crippen LogP contribution in [0, 0.1) is 0 Å². The average Bonchev–Trinajstić information content (AvgIpc) is 3.30. The number of rotatable bonds is 10. The Morgan fingerprint density at radius 3 is 2.47 bits per heavy atom. The van der Waals surface area contributed by atoms with Crippen LogP contribution in [0.25, 0.3) is 10.9 Å². The second kappa shape index (κ2) is 11.3. The van der Waals surface area contributed by atoms with Crippen molar-refractivity contribution in [3.63, 3.8) is 0 Å². The number of fused-ring (bicyclic) bond motifs is 1. The first-order valence-corrected chi connectivity index (χ1v) is 11.8. The van der Waals surface area contributed by atoms with Gasteiger partial charge in [0.05, 0.1) is 12.7 Å². The number of benzene rings is 3. The summed E-state index contributed by atoms with van der Waals surface area (Å²) >= 11 is 0. The maximum Gasteiger partial charge on any atom is 0.267 e. The monoisotopic (exact) mass is 489 g/mol. The summed E-state index contributed by atoms with van der Waals surface area (Å²) in [6.45, 7) is 2.43. The van der Waals surface area contributed by atoms with Crippen molar-refractivity contribution in [2.45, 2.75) is 38.6 Å². The van der Waals surface area contributed by atoms with Crippen LogP contribution in [0.3, 0.4) is 0 Å². The summed E-state index contributed by atoms with van der Waals surface area (Å²) in [7, 11) is 0. The standard InChI is InChI=1S/C28H31N3O5/c1-17(29-15-27(35)20-5-9-26(34)22(12-20)16-32)10-19-4-8-24-21(11-19)13-25(31-24)28(36)30-14-18-2-6-23(33)7-3-18/h2-9,11-13,17,27,29,31-35H,10,14-16H2,1H3,(H,30,36)/t17-,27-/m1/s1. The van der Waals surface area contributed by atoms with Crippen LogP contribution in [0.1, 0.15) is 45.8 Å². The van der Waals surface area contributed by atoms with E-state index in [-0.39, 0.29) is 30.1 Å². The van der Waals surface area contributed by atoms with Crippen molar-refractivity contribution in [2.75, 3.05) is 6.54 Å². The summed E-state index contributed by atoms with van der Waals surface area (Å²) in [5.41, 5.74) is 4.35. The zero-order valence-corrected chi connectivity index (χ0v) is 20.0. The van der Waals surface area contributed by atoms with Crippen LogP contribution in [0.15, 0.2) is 66.7 Å². The van der Waals surface area contributed by atoms with Gasteiger partial charge in [-0.25, -0.2) is 0 Å². The lowest BCUT2D eigenvalue weighted by Crippen LogP contribution is -2.32. The van der Waals surface area contributed by atoms with Crippen LogP contribution in [0.5, 0.6) is 11.5 Å². The van der Waals surface area contributed by atoms with Gasteiger partial charge in [-0.1, -0.05) is 24.3 Å². The number of phenolic OH excluding ortho intramolecular Hbond substituents is 1. The highest BCUT2D eigenvalue weighted by Crippen LogP contribution is 2.23. The SMILES string of the molecule is C[C@H](Cc1ccc2[nH]c(C(=O)NCc3ccc(O)cc3)cc2c1)NC[C@@H](O)c1ccc(O)c(CO)c1. The molecule has 4 rings (SSSR count). The van der Waals surface area contributed by atoms with Crippen LogP contribution in [0.4, 0.5) is 0 Å². The lowest BCUT2D eigenvalue weighted by Gasteiger charge is -2.18. The van der Waals surface area contributed by atoms with Gasteiger partial charge in [-0.15, -0.1) is 0 Å². The lowest BCUT2D eigenvalue weighted by molar-refractivity contribution is 0.0946. The molecule has 3 aromatic carbocycles. The number of phenols is 2. The fourth-order valence-electron chi connectivity index (χ4n) is 4.12. The summed E-state index contributed by atoms with van der Waals surface area (Å²) in [6, 6.07) is 19.3. The van der Waals surface area contributed by atoms with E-state index in [4.69, 9.17) is 0 Å². The van der Waals surface area contributed by atoms with Gasteiger partial charge in [-0.05, 0) is 72.5 Å². The molecule has 0 aliphatic heterocycles. The van der Waals surface area contributed by atoms with Crippen molar-refractivity contribution >= 4 is 16.8 Å². The molecular formula is C28H31N3O5. The Hall–Kier alpha value is -3.85. The van der Waals surface area contributed by atoms with Gasteiger partial charge < -0.3 is 36.0 Å². The molecule has 0 radical (unpaired) electrons. The second-order valence-corrected chi connectivity index (χ2v) is 9.03. The van der Waals surface area contributed by atoms with Crippen LogP contribution < -0.4 is 10.6 Å². The molecule has 4 aromatic rings. The lowest BCUT2D eigenvalue weighted by atomic mass is 10.0. The van der Waals surface area contributed by atoms with Crippen molar-refractivity contribution in [3.8, 4) is 11.5 Å². The largest absolute Gasteiger partial charge is 0.508 e. The van der Waals surface area contributed by atoms with Crippen molar-refractivity contribution in [1.29, 1.82) is 0 Å². The minimum Gasteiger partial charge on any atom is -0.508 e. The van der Waals surface area contributed by atoms with Gasteiger partial charge in [0.25, 0.3) is 5.91 Å². The van der Waals surface area contributed by atoms with Gasteiger partial charge in [0.1, 0.15) is 17.2 Å². The number of aliphatic hydroxyl groups excluding tert-OH is 2. The number of aromatic amines is 1. The number of amides is 1. The maximum absolute atomic E-state index is 12.6. The van der Waals surface area contributed by atoms with E-state index in [1.54, 1.807) is 36.4 Å². The van der Waals surface area contributed by atoms with Gasteiger partial charge in [-0.3, -0.25) is 4.79 Å². The number of aromatic hydroxyl groups is 2. The molecule has 0 fully saturated rings. The minimum atomic E-state index is -0.770. The van der Waals surface area contributed by atoms with Gasteiger partial charge in [0.2, 0.25) is 0 Å². The summed E-state index contributed by atoms with van der Waals surface area (Å²) in [6.07, 6.45) is -0.0404. The summed E-state index contributed by atoms with van der Waals surface area (Å²) in [5, 5.41) is 46.0. The molecule has 0 saturated carbocycles. The van der Waals surface area contributed by atoms with Crippen LogP contribution in [-0.2, 0) is 19.6 Å². The Labute approximate surface area is 209 Å². The number of carbonyl (C=O) groups excluding carboxylic acids is 1. The Kier molecular flexibility index (Phi) is 7.90. The molecule has 7 N–H and O–H groups in total. The average molecular weight is 490 g/mol. The normalized spacial score (nSPS) is 13.0. The molecule has 36 heavy (non-hydrogen) atoms. The van der Waals surface area contributed by atoms with E-state index in [0.717, 1.165) is 28.5 Å². The number of aliphatic hydroxyl groups is 2. The molecule has 1 heterocycles. The van der Waals surface area contributed by atoms with Crippen molar-refractivity contribution in [3.05, 3.63) is 94.7 Å². The van der Waals surface area contributed by atoms with Crippen LogP contribution >= 0.6 is 0 Å². The Morgan fingerprint density at radius 2 is 1.72 bits per heavy atom. The van der Waals surface area contributed by atoms with Crippen molar-refractivity contribution in [1.82, 2.24) is 15.6 Å². The van der Waals surface area contributed by atoms with Gasteiger partial charge in [-0.2, -0.15) is 0 Å². The molecule has 1 amide bonds. The van der Waals surface area contributed by atoms with Crippen molar-refractivity contribution in [2.24, 2.45) is 0 Å². The first-order chi connectivity index (χ1) is 17.3. The highest BCUT2D eigenvalue weighted by atomic mass is 16.3. The molecule has 0 saturated heterocycles. The number of hydrogen-bond donors (Lipinski definition) is 7. The Balaban J connectivity index is 1.32. The number of carbonyl (C=O) groups is 1. The van der Waals surface area contributed by atoms with E-state index in [1.807, 2.05) is 31.2 Å². The molecule has 0 spiro atoms. The van der Waals surface area contributed by atoms with E-state index in [0.29, 0.717) is 29.9 Å². The maximum atomic E-state index is 12.6. The zero-order chi connectivity index (χ0) is 25.7. The van der Waals surface area contributed by atoms with Crippen LogP contribution in [-0.4, -0.2) is 43.9 Å². The van der Waals surface area contributed by atoms with Gasteiger partial charge >= 0.3 is 0 Å². The molecule has 0 aliphatic carbocycles. The molecule has 0 bridgehead atoms. The van der Waals surface area contributed by atoms with E-state index < -0.39 is 6.10 Å². The van der Waals surface area contributed by atoms with E-state index in [2.05, 4.69) is 15.6 Å². The van der Waals surface area contributed by atoms with E-state index in [1.165, 1.54) is 6.07 Å². The predicted octanol–water partition coefficient (Wildman–Crippen LogP) is 3.26. The molecule has 0 unspecified atom stereocenters. The third-order valence-electron chi connectivity index (χ3n) is 6.18. The van der Waals surface area contributed by atoms with Crippen LogP contribution in [0.2, 0.25) is 0 Å². The van der Waals surface area contributed by atoms with E-state index in [9.17, 15) is 25.2 Å². The fraction of sp³-hybridized carbons (Fsp3) is 0.250. The first-order valence-electron chi connectivity index (χ1n) is 11.8. The molecule has 188 valence electrons. The van der Waals surface area contributed by atoms with Gasteiger partial charge in [0, 0.05) is 35.6 Å². The molecule has 8 nitrogen and oxygen atoms in total. The third-order valence-corrected chi connectivity index (χ3v) is 6.18. The molecule has 8 heteroatoms. The molecule has 0 aliphatic rings.